The van der Waals surface area contributed by atoms with Crippen LogP contribution in [-0.2, 0) is 23.0 Å². The van der Waals surface area contributed by atoms with Crippen molar-refractivity contribution in [1.82, 2.24) is 9.71 Å². The zero-order valence-electron chi connectivity index (χ0n) is 11.3. The molecule has 2 rings (SSSR count). The van der Waals surface area contributed by atoms with Crippen LogP contribution in [0.1, 0.15) is 11.3 Å². The van der Waals surface area contributed by atoms with Gasteiger partial charge in [-0.2, -0.15) is 0 Å². The third-order valence-electron chi connectivity index (χ3n) is 2.94. The molecule has 0 aliphatic rings. The molecular formula is C14H16FN3O2S. The minimum absolute atomic E-state index is 0.0246. The Labute approximate surface area is 123 Å². The van der Waals surface area contributed by atoms with Gasteiger partial charge in [-0.25, -0.2) is 17.5 Å². The van der Waals surface area contributed by atoms with E-state index in [0.29, 0.717) is 12.0 Å². The lowest BCUT2D eigenvalue weighted by atomic mass is 10.2. The van der Waals surface area contributed by atoms with Crippen LogP contribution in [0.4, 0.5) is 4.39 Å². The Kier molecular flexibility index (Phi) is 5.00. The minimum atomic E-state index is -3.79. The van der Waals surface area contributed by atoms with Crippen molar-refractivity contribution in [3.63, 3.8) is 0 Å². The number of nitrogens with two attached hydrogens (primary N) is 1. The summed E-state index contributed by atoms with van der Waals surface area (Å²) in [4.78, 5) is 3.98. The molecule has 0 bridgehead atoms. The Hall–Kier alpha value is -1.83. The number of aromatic nitrogens is 1. The fourth-order valence-electron chi connectivity index (χ4n) is 1.88. The number of rotatable bonds is 6. The number of benzene rings is 1. The molecular weight excluding hydrogens is 293 g/mol. The van der Waals surface area contributed by atoms with Gasteiger partial charge in [0, 0.05) is 31.4 Å². The van der Waals surface area contributed by atoms with Crippen molar-refractivity contribution in [2.24, 2.45) is 5.73 Å². The standard InChI is InChI=1S/C14H16FN3O2S/c15-12-5-4-11(10-16)14(9-12)21(19,20)18-8-6-13-3-1-2-7-17-13/h1-5,7,9,18H,6,8,10,16H2. The van der Waals surface area contributed by atoms with Crippen LogP contribution in [0.15, 0.2) is 47.5 Å². The molecule has 0 spiro atoms. The number of sulfonamides is 1. The van der Waals surface area contributed by atoms with Gasteiger partial charge in [0.15, 0.2) is 0 Å². The van der Waals surface area contributed by atoms with E-state index in [4.69, 9.17) is 5.73 Å². The van der Waals surface area contributed by atoms with Gasteiger partial charge < -0.3 is 5.73 Å². The summed E-state index contributed by atoms with van der Waals surface area (Å²) in [6, 6.07) is 8.97. The Morgan fingerprint density at radius 2 is 2.05 bits per heavy atom. The fourth-order valence-corrected chi connectivity index (χ4v) is 3.17. The van der Waals surface area contributed by atoms with Crippen LogP contribution in [0.3, 0.4) is 0 Å². The number of halogens is 1. The van der Waals surface area contributed by atoms with E-state index >= 15 is 0 Å². The molecule has 2 aromatic rings. The first-order chi connectivity index (χ1) is 10.0. The number of nitrogens with zero attached hydrogens (tertiary/aromatic N) is 1. The van der Waals surface area contributed by atoms with Crippen LogP contribution < -0.4 is 10.5 Å². The van der Waals surface area contributed by atoms with Gasteiger partial charge in [-0.1, -0.05) is 12.1 Å². The smallest absolute Gasteiger partial charge is 0.241 e. The second-order valence-electron chi connectivity index (χ2n) is 4.43. The van der Waals surface area contributed by atoms with Gasteiger partial charge in [-0.3, -0.25) is 4.98 Å². The van der Waals surface area contributed by atoms with Crippen LogP contribution in [-0.4, -0.2) is 19.9 Å². The number of hydrogen-bond acceptors (Lipinski definition) is 4. The van der Waals surface area contributed by atoms with E-state index < -0.39 is 15.8 Å². The number of pyridine rings is 1. The Morgan fingerprint density at radius 3 is 2.71 bits per heavy atom. The van der Waals surface area contributed by atoms with Gasteiger partial charge in [0.1, 0.15) is 5.82 Å². The summed E-state index contributed by atoms with van der Waals surface area (Å²) >= 11 is 0. The Balaban J connectivity index is 2.10. The van der Waals surface area contributed by atoms with Crippen LogP contribution >= 0.6 is 0 Å². The van der Waals surface area contributed by atoms with Crippen molar-refractivity contribution >= 4 is 10.0 Å². The third kappa shape index (κ3) is 4.07. The average Bonchev–Trinajstić information content (AvgIpc) is 2.48. The predicted molar refractivity (Wildman–Crippen MR) is 77.4 cm³/mol. The summed E-state index contributed by atoms with van der Waals surface area (Å²) in [7, 11) is -3.79. The molecule has 5 nitrogen and oxygen atoms in total. The molecule has 7 heteroatoms. The lowest BCUT2D eigenvalue weighted by Crippen LogP contribution is -2.27. The van der Waals surface area contributed by atoms with Crippen molar-refractivity contribution < 1.29 is 12.8 Å². The zero-order valence-corrected chi connectivity index (χ0v) is 12.1. The highest BCUT2D eigenvalue weighted by Crippen LogP contribution is 2.16. The molecule has 3 N–H and O–H groups in total. The normalized spacial score (nSPS) is 11.5. The highest BCUT2D eigenvalue weighted by atomic mass is 32.2. The molecule has 1 aromatic carbocycles. The second-order valence-corrected chi connectivity index (χ2v) is 6.16. The molecule has 1 heterocycles. The van der Waals surface area contributed by atoms with E-state index in [0.717, 1.165) is 11.8 Å². The van der Waals surface area contributed by atoms with Crippen LogP contribution in [0, 0.1) is 5.82 Å². The first kappa shape index (κ1) is 15.6. The first-order valence-corrected chi connectivity index (χ1v) is 7.89. The summed E-state index contributed by atoms with van der Waals surface area (Å²) in [5, 5.41) is 0. The summed E-state index contributed by atoms with van der Waals surface area (Å²) in [5.74, 6) is -0.614. The highest BCUT2D eigenvalue weighted by Gasteiger charge is 2.18. The Bertz CT molecular complexity index is 705. The molecule has 0 fully saturated rings. The third-order valence-corrected chi connectivity index (χ3v) is 4.48. The molecule has 0 unspecified atom stereocenters. The van der Waals surface area contributed by atoms with Gasteiger partial charge in [-0.15, -0.1) is 0 Å². The summed E-state index contributed by atoms with van der Waals surface area (Å²) in [5.41, 5.74) is 6.65. The lowest BCUT2D eigenvalue weighted by Gasteiger charge is -2.10. The maximum absolute atomic E-state index is 13.3. The van der Waals surface area contributed by atoms with Crippen molar-refractivity contribution in [2.45, 2.75) is 17.9 Å². The molecule has 0 amide bonds. The molecule has 0 aliphatic carbocycles. The van der Waals surface area contributed by atoms with Crippen molar-refractivity contribution in [3.8, 4) is 0 Å². The van der Waals surface area contributed by atoms with Crippen molar-refractivity contribution in [3.05, 3.63) is 59.7 Å². The first-order valence-electron chi connectivity index (χ1n) is 6.41. The number of hydrogen-bond donors (Lipinski definition) is 2. The molecule has 21 heavy (non-hydrogen) atoms. The average molecular weight is 309 g/mol. The van der Waals surface area contributed by atoms with Gasteiger partial charge in [0.2, 0.25) is 10.0 Å². The van der Waals surface area contributed by atoms with Crippen LogP contribution in [0.5, 0.6) is 0 Å². The summed E-state index contributed by atoms with van der Waals surface area (Å²) in [6.45, 7) is 0.205. The monoisotopic (exact) mass is 309 g/mol. The van der Waals surface area contributed by atoms with E-state index in [1.54, 1.807) is 12.3 Å². The SMILES string of the molecule is NCc1ccc(F)cc1S(=O)(=O)NCCc1ccccn1. The molecule has 0 saturated carbocycles. The summed E-state index contributed by atoms with van der Waals surface area (Å²) < 4.78 is 40.1. The fraction of sp³-hybridized carbons (Fsp3) is 0.214. The van der Waals surface area contributed by atoms with E-state index in [1.165, 1.54) is 12.1 Å². The molecule has 0 aliphatic heterocycles. The molecule has 0 saturated heterocycles. The van der Waals surface area contributed by atoms with Crippen LogP contribution in [0.2, 0.25) is 0 Å². The largest absolute Gasteiger partial charge is 0.326 e. The van der Waals surface area contributed by atoms with E-state index in [2.05, 4.69) is 9.71 Å². The molecule has 112 valence electrons. The van der Waals surface area contributed by atoms with E-state index in [1.807, 2.05) is 12.1 Å². The Morgan fingerprint density at radius 1 is 1.24 bits per heavy atom. The molecule has 0 atom stereocenters. The van der Waals surface area contributed by atoms with Gasteiger partial charge in [-0.05, 0) is 29.8 Å². The molecule has 1 aromatic heterocycles. The van der Waals surface area contributed by atoms with E-state index in [9.17, 15) is 12.8 Å². The van der Waals surface area contributed by atoms with Crippen molar-refractivity contribution in [2.75, 3.05) is 6.54 Å². The quantitative estimate of drug-likeness (QED) is 0.839. The van der Waals surface area contributed by atoms with Crippen molar-refractivity contribution in [1.29, 1.82) is 0 Å². The van der Waals surface area contributed by atoms with E-state index in [-0.39, 0.29) is 18.0 Å². The summed E-state index contributed by atoms with van der Waals surface area (Å²) in [6.07, 6.45) is 2.09. The van der Waals surface area contributed by atoms with Gasteiger partial charge >= 0.3 is 0 Å². The van der Waals surface area contributed by atoms with Gasteiger partial charge in [0.25, 0.3) is 0 Å². The number of nitrogens with one attached hydrogen (secondary N) is 1. The maximum atomic E-state index is 13.3. The second kappa shape index (κ2) is 6.75. The van der Waals surface area contributed by atoms with Gasteiger partial charge in [0.05, 0.1) is 4.90 Å². The maximum Gasteiger partial charge on any atom is 0.241 e. The molecule has 0 radical (unpaired) electrons. The highest BCUT2D eigenvalue weighted by molar-refractivity contribution is 7.89. The topological polar surface area (TPSA) is 85.1 Å². The lowest BCUT2D eigenvalue weighted by molar-refractivity contribution is 0.575. The van der Waals surface area contributed by atoms with Crippen LogP contribution in [0.25, 0.3) is 0 Å². The predicted octanol–water partition coefficient (Wildman–Crippen LogP) is 1.20. The zero-order chi connectivity index (χ0) is 15.3. The minimum Gasteiger partial charge on any atom is -0.326 e.